The number of rotatable bonds is 3. The van der Waals surface area contributed by atoms with Gasteiger partial charge in [-0.1, -0.05) is 30.0 Å². The van der Waals surface area contributed by atoms with E-state index in [2.05, 4.69) is 9.97 Å². The Labute approximate surface area is 124 Å². The van der Waals surface area contributed by atoms with Gasteiger partial charge in [0, 0.05) is 5.56 Å². The van der Waals surface area contributed by atoms with Crippen LogP contribution in [0.1, 0.15) is 15.9 Å². The molecule has 0 unspecified atom stereocenters. The average molecular weight is 301 g/mol. The van der Waals surface area contributed by atoms with E-state index in [0.717, 1.165) is 0 Å². The number of H-pyrrole nitrogens is 1. The lowest BCUT2D eigenvalue weighted by Gasteiger charge is -2.09. The van der Waals surface area contributed by atoms with Crippen molar-refractivity contribution in [3.05, 3.63) is 45.7 Å². The van der Waals surface area contributed by atoms with E-state index in [-0.39, 0.29) is 16.8 Å². The van der Waals surface area contributed by atoms with Crippen LogP contribution in [-0.2, 0) is 4.74 Å². The number of esters is 1. The number of nitriles is 1. The van der Waals surface area contributed by atoms with E-state index in [0.29, 0.717) is 10.7 Å². The topological polar surface area (TPSA) is 95.8 Å². The van der Waals surface area contributed by atoms with E-state index in [4.69, 9.17) is 4.74 Å². The molecule has 1 N–H and O–H groups in total. The van der Waals surface area contributed by atoms with Gasteiger partial charge in [0.15, 0.2) is 5.16 Å². The molecule has 0 fully saturated rings. The molecule has 21 heavy (non-hydrogen) atoms. The molecule has 2 rings (SSSR count). The second-order valence-corrected chi connectivity index (χ2v) is 4.74. The van der Waals surface area contributed by atoms with Crippen LogP contribution in [0.3, 0.4) is 0 Å². The van der Waals surface area contributed by atoms with Crippen molar-refractivity contribution in [2.45, 2.75) is 5.16 Å². The second kappa shape index (κ2) is 6.24. The fraction of sp³-hybridized carbons (Fsp3) is 0.143. The maximum Gasteiger partial charge on any atom is 0.338 e. The van der Waals surface area contributed by atoms with Gasteiger partial charge in [0.2, 0.25) is 0 Å². The molecule has 0 aliphatic heterocycles. The summed E-state index contributed by atoms with van der Waals surface area (Å²) in [5, 5.41) is 9.55. The minimum absolute atomic E-state index is 0.135. The van der Waals surface area contributed by atoms with Crippen LogP contribution in [0.5, 0.6) is 0 Å². The van der Waals surface area contributed by atoms with Gasteiger partial charge in [-0.15, -0.1) is 0 Å². The van der Waals surface area contributed by atoms with Crippen LogP contribution in [0.4, 0.5) is 0 Å². The Kier molecular flexibility index (Phi) is 4.40. The first kappa shape index (κ1) is 14.8. The second-order valence-electron chi connectivity index (χ2n) is 3.95. The summed E-state index contributed by atoms with van der Waals surface area (Å²) in [4.78, 5) is 30.5. The van der Waals surface area contributed by atoms with Crippen LogP contribution in [0.15, 0.2) is 34.2 Å². The summed E-state index contributed by atoms with van der Waals surface area (Å²) in [5.41, 5.74) is 0.145. The number of methoxy groups -OCH3 is 1. The number of aromatic amines is 1. The molecule has 2 aromatic rings. The minimum Gasteiger partial charge on any atom is -0.465 e. The molecule has 1 aromatic carbocycles. The molecule has 7 heteroatoms. The standard InChI is InChI=1S/C14H11N3O3S/c1-20-13(19)9-6-4-3-5-8(9)11-10(7-15)12(18)17-14(16-11)21-2/h3-6H,1-2H3,(H,16,17,18). The Bertz CT molecular complexity index is 793. The summed E-state index contributed by atoms with van der Waals surface area (Å²) < 4.78 is 4.72. The molecule has 0 amide bonds. The minimum atomic E-state index is -0.553. The number of hydrogen-bond acceptors (Lipinski definition) is 6. The normalized spacial score (nSPS) is 9.95. The van der Waals surface area contributed by atoms with Gasteiger partial charge in [0.05, 0.1) is 18.4 Å². The van der Waals surface area contributed by atoms with Gasteiger partial charge >= 0.3 is 5.97 Å². The van der Waals surface area contributed by atoms with Gasteiger partial charge in [-0.2, -0.15) is 5.26 Å². The van der Waals surface area contributed by atoms with Gasteiger partial charge in [0.1, 0.15) is 11.6 Å². The molecular formula is C14H11N3O3S. The smallest absolute Gasteiger partial charge is 0.338 e. The maximum atomic E-state index is 11.9. The molecule has 0 saturated heterocycles. The van der Waals surface area contributed by atoms with Crippen LogP contribution in [0.2, 0.25) is 0 Å². The van der Waals surface area contributed by atoms with Crippen molar-refractivity contribution in [3.8, 4) is 17.3 Å². The van der Waals surface area contributed by atoms with Gasteiger partial charge < -0.3 is 9.72 Å². The van der Waals surface area contributed by atoms with Crippen LogP contribution < -0.4 is 5.56 Å². The van der Waals surface area contributed by atoms with Crippen LogP contribution in [0, 0.1) is 11.3 Å². The summed E-state index contributed by atoms with van der Waals surface area (Å²) in [7, 11) is 1.27. The molecule has 0 aliphatic rings. The Morgan fingerprint density at radius 3 is 2.76 bits per heavy atom. The molecule has 106 valence electrons. The zero-order valence-electron chi connectivity index (χ0n) is 11.3. The Morgan fingerprint density at radius 2 is 2.14 bits per heavy atom. The average Bonchev–Trinajstić information content (AvgIpc) is 2.53. The lowest BCUT2D eigenvalue weighted by molar-refractivity contribution is 0.0601. The molecule has 0 saturated carbocycles. The molecule has 0 aliphatic carbocycles. The maximum absolute atomic E-state index is 11.9. The third kappa shape index (κ3) is 2.80. The summed E-state index contributed by atoms with van der Waals surface area (Å²) >= 11 is 1.24. The first-order valence-corrected chi connectivity index (χ1v) is 7.11. The van der Waals surface area contributed by atoms with E-state index in [1.807, 2.05) is 6.07 Å². The zero-order valence-corrected chi connectivity index (χ0v) is 12.2. The number of carbonyl (C=O) groups excluding carboxylic acids is 1. The molecule has 1 heterocycles. The van der Waals surface area contributed by atoms with E-state index >= 15 is 0 Å². The van der Waals surface area contributed by atoms with E-state index in [1.54, 1.807) is 30.5 Å². The van der Waals surface area contributed by atoms with Crippen LogP contribution in [-0.4, -0.2) is 29.3 Å². The highest BCUT2D eigenvalue weighted by Gasteiger charge is 2.19. The highest BCUT2D eigenvalue weighted by Crippen LogP contribution is 2.25. The predicted octanol–water partition coefficient (Wildman–Crippen LogP) is 1.82. The molecule has 0 bridgehead atoms. The fourth-order valence-electron chi connectivity index (χ4n) is 1.83. The fourth-order valence-corrected chi connectivity index (χ4v) is 2.20. The van der Waals surface area contributed by atoms with E-state index < -0.39 is 11.5 Å². The van der Waals surface area contributed by atoms with Gasteiger partial charge in [-0.3, -0.25) is 4.79 Å². The van der Waals surface area contributed by atoms with Crippen molar-refractivity contribution >= 4 is 17.7 Å². The summed E-state index contributed by atoms with van der Waals surface area (Å²) in [6.07, 6.45) is 1.75. The number of carbonyl (C=O) groups is 1. The number of hydrogen-bond donors (Lipinski definition) is 1. The van der Waals surface area contributed by atoms with Crippen molar-refractivity contribution < 1.29 is 9.53 Å². The number of ether oxygens (including phenoxy) is 1. The van der Waals surface area contributed by atoms with Crippen LogP contribution >= 0.6 is 11.8 Å². The van der Waals surface area contributed by atoms with Gasteiger partial charge in [-0.25, -0.2) is 9.78 Å². The Hall–Kier alpha value is -2.59. The molecule has 0 atom stereocenters. The molecule has 6 nitrogen and oxygen atoms in total. The van der Waals surface area contributed by atoms with Crippen molar-refractivity contribution in [2.75, 3.05) is 13.4 Å². The van der Waals surface area contributed by atoms with Crippen molar-refractivity contribution in [1.29, 1.82) is 5.26 Å². The highest BCUT2D eigenvalue weighted by molar-refractivity contribution is 7.98. The number of nitrogens with one attached hydrogen (secondary N) is 1. The zero-order chi connectivity index (χ0) is 15.4. The third-order valence-corrected chi connectivity index (χ3v) is 3.37. The number of aromatic nitrogens is 2. The van der Waals surface area contributed by atoms with Gasteiger partial charge in [-0.05, 0) is 12.3 Å². The third-order valence-electron chi connectivity index (χ3n) is 2.79. The number of benzene rings is 1. The predicted molar refractivity (Wildman–Crippen MR) is 78.1 cm³/mol. The molecular weight excluding hydrogens is 290 g/mol. The summed E-state index contributed by atoms with van der Waals surface area (Å²) in [5.74, 6) is -0.553. The lowest BCUT2D eigenvalue weighted by atomic mass is 10.0. The monoisotopic (exact) mass is 301 g/mol. The first-order valence-electron chi connectivity index (χ1n) is 5.88. The van der Waals surface area contributed by atoms with Crippen molar-refractivity contribution in [1.82, 2.24) is 9.97 Å². The molecule has 1 aromatic heterocycles. The van der Waals surface area contributed by atoms with Crippen LogP contribution in [0.25, 0.3) is 11.3 Å². The van der Waals surface area contributed by atoms with E-state index in [9.17, 15) is 14.9 Å². The van der Waals surface area contributed by atoms with E-state index in [1.165, 1.54) is 18.9 Å². The van der Waals surface area contributed by atoms with Gasteiger partial charge in [0.25, 0.3) is 5.56 Å². The summed E-state index contributed by atoms with van der Waals surface area (Å²) in [6, 6.07) is 8.38. The van der Waals surface area contributed by atoms with Crippen molar-refractivity contribution in [2.24, 2.45) is 0 Å². The Morgan fingerprint density at radius 1 is 1.43 bits per heavy atom. The first-order chi connectivity index (χ1) is 10.1. The molecule has 0 spiro atoms. The Balaban J connectivity index is 2.79. The quantitative estimate of drug-likeness (QED) is 0.528. The molecule has 0 radical (unpaired) electrons. The number of nitrogens with zero attached hydrogens (tertiary/aromatic N) is 2. The van der Waals surface area contributed by atoms with Crippen molar-refractivity contribution in [3.63, 3.8) is 0 Å². The SMILES string of the molecule is COC(=O)c1ccccc1-c1nc(SC)[nH]c(=O)c1C#N. The summed E-state index contributed by atoms with van der Waals surface area (Å²) in [6.45, 7) is 0. The lowest BCUT2D eigenvalue weighted by Crippen LogP contribution is -2.15. The number of thioether (sulfide) groups is 1. The highest BCUT2D eigenvalue weighted by atomic mass is 32.2. The largest absolute Gasteiger partial charge is 0.465 e.